The zero-order valence-corrected chi connectivity index (χ0v) is 9.89. The molecule has 0 N–H and O–H groups in total. The quantitative estimate of drug-likeness (QED) is 0.626. The van der Waals surface area contributed by atoms with E-state index >= 15 is 0 Å². The Morgan fingerprint density at radius 1 is 0.812 bits per heavy atom. The Morgan fingerprint density at radius 3 is 1.69 bits per heavy atom. The van der Waals surface area contributed by atoms with Crippen molar-refractivity contribution in [3.8, 4) is 11.1 Å². The van der Waals surface area contributed by atoms with E-state index in [1.54, 1.807) is 0 Å². The van der Waals surface area contributed by atoms with E-state index in [2.05, 4.69) is 0 Å². The Kier molecular flexibility index (Phi) is 2.24. The third-order valence-electron chi connectivity index (χ3n) is 2.99. The summed E-state index contributed by atoms with van der Waals surface area (Å²) in [5, 5.41) is 1.43. The highest BCUT2D eigenvalue weighted by molar-refractivity contribution is 6.31. The molecule has 0 unspecified atom stereocenters. The van der Waals surface area contributed by atoms with Crippen LogP contribution in [0.25, 0.3) is 11.1 Å². The van der Waals surface area contributed by atoms with Gasteiger partial charge in [-0.1, -0.05) is 35.3 Å². The maximum absolute atomic E-state index is 6.18. The highest BCUT2D eigenvalue weighted by atomic mass is 35.5. The van der Waals surface area contributed by atoms with E-state index in [1.165, 1.54) is 0 Å². The maximum Gasteiger partial charge on any atom is 0.0409 e. The first-order chi connectivity index (χ1) is 7.66. The molecule has 1 aliphatic rings. The third-order valence-corrected chi connectivity index (χ3v) is 3.46. The van der Waals surface area contributed by atoms with Crippen molar-refractivity contribution in [3.05, 3.63) is 64.5 Å². The highest BCUT2D eigenvalue weighted by Crippen LogP contribution is 2.45. The number of rotatable bonds is 0. The Hall–Kier alpha value is -0.980. The van der Waals surface area contributed by atoms with Crippen LogP contribution in [0.15, 0.2) is 36.4 Å². The van der Waals surface area contributed by atoms with Crippen molar-refractivity contribution in [1.82, 2.24) is 0 Å². The molecule has 0 amide bonds. The molecule has 0 atom stereocenters. The fraction of sp³-hybridized carbons (Fsp3) is 0.0714. The molecule has 2 aromatic carbocycles. The average Bonchev–Trinajstić information content (AvgIpc) is 2.53. The van der Waals surface area contributed by atoms with Gasteiger partial charge in [0.1, 0.15) is 0 Å². The Morgan fingerprint density at radius 2 is 1.25 bits per heavy atom. The van der Waals surface area contributed by atoms with Crippen LogP contribution in [0.3, 0.4) is 0 Å². The molecule has 0 aliphatic heterocycles. The van der Waals surface area contributed by atoms with E-state index < -0.39 is 0 Å². The van der Waals surface area contributed by atoms with Crippen molar-refractivity contribution in [2.45, 2.75) is 5.92 Å². The molecule has 1 aliphatic carbocycles. The van der Waals surface area contributed by atoms with Gasteiger partial charge >= 0.3 is 0 Å². The van der Waals surface area contributed by atoms with E-state index in [9.17, 15) is 0 Å². The Balaban J connectivity index is 2.30. The van der Waals surface area contributed by atoms with E-state index in [4.69, 9.17) is 30.1 Å². The molecule has 3 rings (SSSR count). The number of fused-ring (bicyclic) bond motifs is 3. The van der Waals surface area contributed by atoms with Gasteiger partial charge in [-0.05, 0) is 53.4 Å². The summed E-state index contributed by atoms with van der Waals surface area (Å²) < 4.78 is 0. The molecule has 0 nitrogen and oxygen atoms in total. The van der Waals surface area contributed by atoms with Gasteiger partial charge in [0.15, 0.2) is 0 Å². The SMILES string of the molecule is [CH]C1c2cc(Cl)ccc2-c2ccc(Cl)cc21. The normalized spacial score (nSPS) is 13.7. The molecule has 2 aromatic rings. The number of benzene rings is 2. The predicted octanol–water partition coefficient (Wildman–Crippen LogP) is 4.82. The van der Waals surface area contributed by atoms with Gasteiger partial charge in [0, 0.05) is 16.0 Å². The molecule has 2 heteroatoms. The van der Waals surface area contributed by atoms with Crippen LogP contribution in [0.4, 0.5) is 0 Å². The first kappa shape index (κ1) is 10.2. The monoisotopic (exact) mass is 246 g/mol. The van der Waals surface area contributed by atoms with Crippen molar-refractivity contribution in [2.24, 2.45) is 0 Å². The topological polar surface area (TPSA) is 0 Å². The summed E-state index contributed by atoms with van der Waals surface area (Å²) in [6.45, 7) is 6.18. The van der Waals surface area contributed by atoms with Crippen LogP contribution in [0.5, 0.6) is 0 Å². The number of halogens is 2. The van der Waals surface area contributed by atoms with Crippen LogP contribution in [-0.4, -0.2) is 0 Å². The second kappa shape index (κ2) is 3.51. The van der Waals surface area contributed by atoms with Gasteiger partial charge in [0.25, 0.3) is 0 Å². The first-order valence-electron chi connectivity index (χ1n) is 5.01. The molecule has 0 fully saturated rings. The van der Waals surface area contributed by atoms with Crippen molar-refractivity contribution in [2.75, 3.05) is 0 Å². The molecular weight excluding hydrogens is 239 g/mol. The number of hydrogen-bond acceptors (Lipinski definition) is 0. The summed E-state index contributed by atoms with van der Waals surface area (Å²) in [7, 11) is 0. The Labute approximate surface area is 105 Å². The van der Waals surface area contributed by atoms with Crippen LogP contribution < -0.4 is 0 Å². The summed E-state index contributed by atoms with van der Waals surface area (Å²) in [4.78, 5) is 0. The molecule has 2 radical (unpaired) electrons. The lowest BCUT2D eigenvalue weighted by molar-refractivity contribution is 1.07. The van der Waals surface area contributed by atoms with Gasteiger partial charge in [-0.25, -0.2) is 0 Å². The zero-order valence-electron chi connectivity index (χ0n) is 8.37. The average molecular weight is 247 g/mol. The molecule has 0 aromatic heterocycles. The van der Waals surface area contributed by atoms with Crippen LogP contribution >= 0.6 is 23.2 Å². The van der Waals surface area contributed by atoms with Crippen LogP contribution in [-0.2, 0) is 0 Å². The van der Waals surface area contributed by atoms with Crippen molar-refractivity contribution in [3.63, 3.8) is 0 Å². The smallest absolute Gasteiger partial charge is 0.0409 e. The third kappa shape index (κ3) is 1.37. The summed E-state index contributed by atoms with van der Waals surface area (Å²) in [6, 6.07) is 11.6. The molecule has 0 bridgehead atoms. The summed E-state index contributed by atoms with van der Waals surface area (Å²) >= 11 is 12.0. The molecule has 0 saturated heterocycles. The molecule has 16 heavy (non-hydrogen) atoms. The number of hydrogen-bond donors (Lipinski definition) is 0. The van der Waals surface area contributed by atoms with Gasteiger partial charge in [-0.3, -0.25) is 0 Å². The lowest BCUT2D eigenvalue weighted by atomic mass is 10.00. The predicted molar refractivity (Wildman–Crippen MR) is 68.0 cm³/mol. The van der Waals surface area contributed by atoms with E-state index in [0.29, 0.717) is 10.0 Å². The van der Waals surface area contributed by atoms with Crippen LogP contribution in [0, 0.1) is 6.92 Å². The Bertz CT molecular complexity index is 521. The highest BCUT2D eigenvalue weighted by Gasteiger charge is 2.25. The molecule has 0 heterocycles. The molecule has 0 saturated carbocycles. The van der Waals surface area contributed by atoms with Crippen molar-refractivity contribution < 1.29 is 0 Å². The van der Waals surface area contributed by atoms with Crippen LogP contribution in [0.2, 0.25) is 10.0 Å². The van der Waals surface area contributed by atoms with Gasteiger partial charge < -0.3 is 0 Å². The minimum Gasteiger partial charge on any atom is -0.0843 e. The zero-order chi connectivity index (χ0) is 11.3. The summed E-state index contributed by atoms with van der Waals surface area (Å²) in [6.07, 6.45) is 0. The fourth-order valence-corrected chi connectivity index (χ4v) is 2.60. The fourth-order valence-electron chi connectivity index (χ4n) is 2.24. The minimum absolute atomic E-state index is 0.123. The van der Waals surface area contributed by atoms with Gasteiger partial charge in [-0.15, -0.1) is 0 Å². The maximum atomic E-state index is 6.18. The summed E-state index contributed by atoms with van der Waals surface area (Å²) in [5.41, 5.74) is 4.46. The van der Waals surface area contributed by atoms with E-state index in [-0.39, 0.29) is 5.92 Å². The van der Waals surface area contributed by atoms with Crippen molar-refractivity contribution in [1.29, 1.82) is 0 Å². The molecular formula is C14H8Cl2. The van der Waals surface area contributed by atoms with Crippen molar-refractivity contribution >= 4 is 23.2 Å². The summed E-state index contributed by atoms with van der Waals surface area (Å²) in [5.74, 6) is -0.123. The standard InChI is InChI=1S/C14H8Cl2/c1-8-13-6-9(15)2-4-11(13)12-5-3-10(16)7-14(8)12/h1-8H. The second-order valence-electron chi connectivity index (χ2n) is 3.94. The lowest BCUT2D eigenvalue weighted by Gasteiger charge is -2.05. The lowest BCUT2D eigenvalue weighted by Crippen LogP contribution is -1.89. The van der Waals surface area contributed by atoms with Gasteiger partial charge in [-0.2, -0.15) is 0 Å². The van der Waals surface area contributed by atoms with E-state index in [0.717, 1.165) is 22.3 Å². The first-order valence-corrected chi connectivity index (χ1v) is 5.77. The van der Waals surface area contributed by atoms with E-state index in [1.807, 2.05) is 36.4 Å². The molecule has 0 spiro atoms. The molecule has 78 valence electrons. The van der Waals surface area contributed by atoms with Crippen LogP contribution in [0.1, 0.15) is 17.0 Å². The second-order valence-corrected chi connectivity index (χ2v) is 4.81. The minimum atomic E-state index is -0.123. The van der Waals surface area contributed by atoms with Gasteiger partial charge in [0.05, 0.1) is 0 Å². The largest absolute Gasteiger partial charge is 0.0843 e. The van der Waals surface area contributed by atoms with Gasteiger partial charge in [0.2, 0.25) is 0 Å².